The van der Waals surface area contributed by atoms with E-state index in [2.05, 4.69) is 44.9 Å². The Balaban J connectivity index is 1.43. The van der Waals surface area contributed by atoms with Crippen molar-refractivity contribution in [2.75, 3.05) is 18.5 Å². The molecule has 38 heavy (non-hydrogen) atoms. The predicted molar refractivity (Wildman–Crippen MR) is 153 cm³/mol. The first-order valence-corrected chi connectivity index (χ1v) is 13.2. The number of benzene rings is 3. The average molecular weight is 541 g/mol. The molecule has 0 saturated carbocycles. The first-order valence-electron chi connectivity index (χ1n) is 12.0. The van der Waals surface area contributed by atoms with Crippen LogP contribution in [0, 0.1) is 11.3 Å². The molecule has 2 aromatic heterocycles. The number of aryl methyl sites for hydroxylation is 1. The molecule has 0 atom stereocenters. The summed E-state index contributed by atoms with van der Waals surface area (Å²) in [4.78, 5) is 9.80. The number of imidazole rings is 1. The largest absolute Gasteiger partial charge is 0.395 e. The Bertz CT molecular complexity index is 1640. The van der Waals surface area contributed by atoms with Gasteiger partial charge in [-0.15, -0.1) is 0 Å². The van der Waals surface area contributed by atoms with Crippen LogP contribution in [0.3, 0.4) is 0 Å². The minimum absolute atomic E-state index is 0.109. The lowest BCUT2D eigenvalue weighted by Crippen LogP contribution is -2.17. The smallest absolute Gasteiger partial charge is 0.172 e. The summed E-state index contributed by atoms with van der Waals surface area (Å²) in [6, 6.07) is 22.3. The zero-order chi connectivity index (χ0) is 26.5. The SMILES string of the molecule is Cn1ccnc1Sc1ccc(Nc2c(C#N)cnc3cc(-c4cccc(CNCCO)c4)ccc23)cc1Cl. The second kappa shape index (κ2) is 11.7. The number of fused-ring (bicyclic) bond motifs is 1. The summed E-state index contributed by atoms with van der Waals surface area (Å²) in [5.41, 5.74) is 5.92. The molecule has 0 saturated heterocycles. The normalized spacial score (nSPS) is 11.0. The van der Waals surface area contributed by atoms with Gasteiger partial charge < -0.3 is 20.3 Å². The van der Waals surface area contributed by atoms with Gasteiger partial charge in [-0.25, -0.2) is 4.98 Å². The molecule has 0 fully saturated rings. The van der Waals surface area contributed by atoms with Crippen LogP contribution >= 0.6 is 23.4 Å². The van der Waals surface area contributed by atoms with Gasteiger partial charge >= 0.3 is 0 Å². The molecule has 3 aromatic carbocycles. The van der Waals surface area contributed by atoms with Crippen LogP contribution in [0.25, 0.3) is 22.0 Å². The number of aliphatic hydroxyl groups excluding tert-OH is 1. The van der Waals surface area contributed by atoms with Crippen molar-refractivity contribution in [3.8, 4) is 17.2 Å². The summed E-state index contributed by atoms with van der Waals surface area (Å²) in [6.45, 7) is 1.34. The molecule has 0 aliphatic carbocycles. The maximum absolute atomic E-state index is 9.79. The summed E-state index contributed by atoms with van der Waals surface area (Å²) in [5.74, 6) is 0. The van der Waals surface area contributed by atoms with Gasteiger partial charge in [0.05, 0.1) is 28.4 Å². The van der Waals surface area contributed by atoms with Crippen LogP contribution in [0.2, 0.25) is 5.02 Å². The number of pyridine rings is 1. The van der Waals surface area contributed by atoms with Crippen LogP contribution < -0.4 is 10.6 Å². The number of nitriles is 1. The van der Waals surface area contributed by atoms with Crippen LogP contribution in [0.5, 0.6) is 0 Å². The van der Waals surface area contributed by atoms with Gasteiger partial charge in [-0.1, -0.05) is 53.7 Å². The highest BCUT2D eigenvalue weighted by atomic mass is 35.5. The molecule has 5 aromatic rings. The van der Waals surface area contributed by atoms with Crippen molar-refractivity contribution in [2.24, 2.45) is 7.05 Å². The Hall–Kier alpha value is -3.87. The molecule has 5 rings (SSSR count). The lowest BCUT2D eigenvalue weighted by atomic mass is 10.00. The lowest BCUT2D eigenvalue weighted by molar-refractivity contribution is 0.292. The van der Waals surface area contributed by atoms with Gasteiger partial charge in [0.25, 0.3) is 0 Å². The standard InChI is InChI=1S/C29H25ClN6OS/c1-36-11-9-33-29(36)38-27-8-6-23(15-25(27)30)35-28-22(16-31)18-34-26-14-21(5-7-24(26)28)20-4-2-3-19(13-20)17-32-10-12-37/h2-9,11,13-15,18,32,37H,10,12,17H2,1H3,(H,34,35). The van der Waals surface area contributed by atoms with Gasteiger partial charge in [-0.2, -0.15) is 5.26 Å². The molecule has 3 N–H and O–H groups in total. The van der Waals surface area contributed by atoms with E-state index in [0.29, 0.717) is 29.4 Å². The molecule has 7 nitrogen and oxygen atoms in total. The van der Waals surface area contributed by atoms with E-state index in [1.54, 1.807) is 12.4 Å². The zero-order valence-electron chi connectivity index (χ0n) is 20.6. The van der Waals surface area contributed by atoms with Crippen molar-refractivity contribution in [3.05, 3.63) is 95.4 Å². The fourth-order valence-electron chi connectivity index (χ4n) is 4.12. The van der Waals surface area contributed by atoms with Gasteiger partial charge in [0.2, 0.25) is 0 Å². The fraction of sp³-hybridized carbons (Fsp3) is 0.138. The van der Waals surface area contributed by atoms with E-state index in [-0.39, 0.29) is 6.61 Å². The second-order valence-corrected chi connectivity index (χ2v) is 10.1. The van der Waals surface area contributed by atoms with Crippen LogP contribution in [0.4, 0.5) is 11.4 Å². The number of aliphatic hydroxyl groups is 1. The predicted octanol–water partition coefficient (Wildman–Crippen LogP) is 6.14. The molecular formula is C29H25ClN6OS. The number of hydrogen-bond acceptors (Lipinski definition) is 7. The summed E-state index contributed by atoms with van der Waals surface area (Å²) in [6.07, 6.45) is 5.24. The number of hydrogen-bond donors (Lipinski definition) is 3. The third-order valence-corrected chi connectivity index (χ3v) is 7.62. The summed E-state index contributed by atoms with van der Waals surface area (Å²) < 4.78 is 1.94. The fourth-order valence-corrected chi connectivity index (χ4v) is 5.22. The van der Waals surface area contributed by atoms with E-state index in [0.717, 1.165) is 43.3 Å². The third-order valence-electron chi connectivity index (χ3n) is 6.05. The Morgan fingerprint density at radius 1 is 1.08 bits per heavy atom. The van der Waals surface area contributed by atoms with Crippen molar-refractivity contribution in [3.63, 3.8) is 0 Å². The number of nitrogens with zero attached hydrogens (tertiary/aromatic N) is 4. The first-order chi connectivity index (χ1) is 18.6. The molecule has 0 aliphatic heterocycles. The quantitative estimate of drug-likeness (QED) is 0.193. The van der Waals surface area contributed by atoms with E-state index >= 15 is 0 Å². The molecule has 0 radical (unpaired) electrons. The number of aromatic nitrogens is 3. The molecule has 0 amide bonds. The number of rotatable bonds is 9. The molecule has 2 heterocycles. The van der Waals surface area contributed by atoms with Crippen molar-refractivity contribution < 1.29 is 5.11 Å². The molecule has 0 bridgehead atoms. The maximum Gasteiger partial charge on any atom is 0.172 e. The number of halogens is 1. The number of nitrogens with one attached hydrogen (secondary N) is 2. The van der Waals surface area contributed by atoms with Gasteiger partial charge in [0.1, 0.15) is 6.07 Å². The zero-order valence-corrected chi connectivity index (χ0v) is 22.2. The van der Waals surface area contributed by atoms with E-state index in [4.69, 9.17) is 16.7 Å². The second-order valence-electron chi connectivity index (χ2n) is 8.68. The minimum atomic E-state index is 0.109. The first kappa shape index (κ1) is 25.8. The maximum atomic E-state index is 9.79. The van der Waals surface area contributed by atoms with Crippen molar-refractivity contribution in [2.45, 2.75) is 16.6 Å². The Labute approximate surface area is 230 Å². The highest BCUT2D eigenvalue weighted by Crippen LogP contribution is 2.36. The lowest BCUT2D eigenvalue weighted by Gasteiger charge is -2.14. The molecule has 0 spiro atoms. The van der Waals surface area contributed by atoms with Gasteiger partial charge in [0, 0.05) is 54.7 Å². The summed E-state index contributed by atoms with van der Waals surface area (Å²) >= 11 is 8.10. The topological polar surface area (TPSA) is 98.8 Å². The van der Waals surface area contributed by atoms with E-state index < -0.39 is 0 Å². The highest BCUT2D eigenvalue weighted by molar-refractivity contribution is 7.99. The molecule has 9 heteroatoms. The summed E-state index contributed by atoms with van der Waals surface area (Å²) in [7, 11) is 1.94. The molecular weight excluding hydrogens is 516 g/mol. The highest BCUT2D eigenvalue weighted by Gasteiger charge is 2.13. The Morgan fingerprint density at radius 2 is 1.95 bits per heavy atom. The third kappa shape index (κ3) is 5.67. The van der Waals surface area contributed by atoms with Crippen LogP contribution in [0.15, 0.2) is 89.3 Å². The monoisotopic (exact) mass is 540 g/mol. The average Bonchev–Trinajstić information content (AvgIpc) is 3.34. The minimum Gasteiger partial charge on any atom is -0.395 e. The van der Waals surface area contributed by atoms with Crippen LogP contribution in [0.1, 0.15) is 11.1 Å². The van der Waals surface area contributed by atoms with E-state index in [1.165, 1.54) is 11.8 Å². The van der Waals surface area contributed by atoms with Gasteiger partial charge in [0.15, 0.2) is 5.16 Å². The van der Waals surface area contributed by atoms with Gasteiger partial charge in [-0.05, 0) is 47.0 Å². The van der Waals surface area contributed by atoms with E-state index in [1.807, 2.05) is 60.3 Å². The Morgan fingerprint density at radius 3 is 2.71 bits per heavy atom. The molecule has 0 unspecified atom stereocenters. The van der Waals surface area contributed by atoms with E-state index in [9.17, 15) is 5.26 Å². The molecule has 0 aliphatic rings. The van der Waals surface area contributed by atoms with Crippen molar-refractivity contribution >= 4 is 45.6 Å². The number of anilines is 2. The van der Waals surface area contributed by atoms with Gasteiger partial charge in [-0.3, -0.25) is 4.98 Å². The summed E-state index contributed by atoms with van der Waals surface area (Å²) in [5, 5.41) is 27.7. The molecule has 190 valence electrons. The van der Waals surface area contributed by atoms with Crippen molar-refractivity contribution in [1.82, 2.24) is 19.9 Å². The Kier molecular flexibility index (Phi) is 7.91. The van der Waals surface area contributed by atoms with Crippen LogP contribution in [-0.2, 0) is 13.6 Å². The van der Waals surface area contributed by atoms with Crippen molar-refractivity contribution in [1.29, 1.82) is 5.26 Å². The van der Waals surface area contributed by atoms with Crippen LogP contribution in [-0.4, -0.2) is 32.8 Å².